The molecule has 9 heteroatoms. The largest absolute Gasteiger partial charge is 0.466 e. The van der Waals surface area contributed by atoms with Crippen LogP contribution in [-0.2, 0) is 19.1 Å². The van der Waals surface area contributed by atoms with Crippen LogP contribution < -0.4 is 10.6 Å². The van der Waals surface area contributed by atoms with Crippen molar-refractivity contribution < 1.29 is 19.1 Å². The van der Waals surface area contributed by atoms with Gasteiger partial charge < -0.3 is 15.0 Å². The Morgan fingerprint density at radius 2 is 1.70 bits per heavy atom. The molecular formula is C28H40ClN3O4S. The molecule has 1 aliphatic rings. The Hall–Kier alpha value is -2.45. The molecule has 0 bridgehead atoms. The van der Waals surface area contributed by atoms with Gasteiger partial charge in [0.05, 0.1) is 13.0 Å². The highest BCUT2D eigenvalue weighted by atomic mass is 35.5. The lowest BCUT2D eigenvalue weighted by molar-refractivity contribution is -0.147. The van der Waals surface area contributed by atoms with E-state index in [2.05, 4.69) is 17.6 Å². The minimum Gasteiger partial charge on any atom is -0.466 e. The Balaban J connectivity index is 1.70. The number of nitrogens with zero attached hydrogens (tertiary/aromatic N) is 1. The number of halogens is 1. The molecule has 7 nitrogen and oxygen atoms in total. The molecule has 2 N–H and O–H groups in total. The monoisotopic (exact) mass is 549 g/mol. The number of carbonyl (C=O) groups excluding carboxylic acids is 3. The number of nitrogens with one attached hydrogen (secondary N) is 2. The van der Waals surface area contributed by atoms with Gasteiger partial charge in [-0.25, -0.2) is 0 Å². The number of thiocarbonyl (C=S) groups is 1. The fourth-order valence-corrected chi connectivity index (χ4v) is 4.56. The third kappa shape index (κ3) is 12.6. The summed E-state index contributed by atoms with van der Waals surface area (Å²) in [6.07, 6.45) is 14.9. The van der Waals surface area contributed by atoms with Crippen LogP contribution in [0, 0.1) is 0 Å². The Morgan fingerprint density at radius 1 is 1.08 bits per heavy atom. The lowest BCUT2D eigenvalue weighted by Gasteiger charge is -2.36. The molecule has 37 heavy (non-hydrogen) atoms. The van der Waals surface area contributed by atoms with Crippen molar-refractivity contribution in [2.24, 2.45) is 0 Å². The molecule has 1 aromatic carbocycles. The average Bonchev–Trinajstić information content (AvgIpc) is 2.88. The fourth-order valence-electron chi connectivity index (χ4n) is 4.12. The van der Waals surface area contributed by atoms with E-state index in [1.165, 1.54) is 51.0 Å². The zero-order chi connectivity index (χ0) is 26.9. The van der Waals surface area contributed by atoms with Crippen LogP contribution in [-0.4, -0.2) is 53.5 Å². The minimum atomic E-state index is -0.818. The first-order chi connectivity index (χ1) is 17.9. The number of unbranched alkanes of at least 4 members (excludes halogenated alkanes) is 9. The smallest absolute Gasteiger partial charge is 0.308 e. The van der Waals surface area contributed by atoms with E-state index in [4.69, 9.17) is 28.6 Å². The molecule has 1 heterocycles. The molecule has 1 unspecified atom stereocenters. The number of carbonyl (C=O) groups is 3. The van der Waals surface area contributed by atoms with Gasteiger partial charge in [-0.3, -0.25) is 19.7 Å². The third-order valence-corrected chi connectivity index (χ3v) is 6.83. The van der Waals surface area contributed by atoms with Gasteiger partial charge in [0.25, 0.3) is 0 Å². The van der Waals surface area contributed by atoms with Crippen molar-refractivity contribution in [3.63, 3.8) is 0 Å². The third-order valence-electron chi connectivity index (χ3n) is 6.24. The Kier molecular flexibility index (Phi) is 14.9. The van der Waals surface area contributed by atoms with Crippen LogP contribution in [0.4, 0.5) is 0 Å². The number of piperazine rings is 1. The van der Waals surface area contributed by atoms with E-state index in [9.17, 15) is 14.4 Å². The van der Waals surface area contributed by atoms with Gasteiger partial charge in [0.1, 0.15) is 6.04 Å². The molecule has 204 valence electrons. The van der Waals surface area contributed by atoms with Gasteiger partial charge in [0.2, 0.25) is 11.8 Å². The van der Waals surface area contributed by atoms with E-state index < -0.39 is 17.9 Å². The summed E-state index contributed by atoms with van der Waals surface area (Å²) in [5.41, 5.74) is 0.811. The summed E-state index contributed by atoms with van der Waals surface area (Å²) < 4.78 is 5.37. The standard InChI is InChI=1S/C28H40ClN3O4S/c1-2-3-4-5-6-7-8-9-10-11-20-36-26(34)21-24-27(35)30-18-19-32(24)28(37)31-25(33)17-14-22-12-15-23(29)16-13-22/h12-17,24H,2-11,18-21H2,1H3,(H,30,35)(H,31,33,37)/b17-14+. The van der Waals surface area contributed by atoms with E-state index in [1.807, 2.05) is 0 Å². The predicted molar refractivity (Wildman–Crippen MR) is 152 cm³/mol. The molecule has 0 aromatic heterocycles. The van der Waals surface area contributed by atoms with Gasteiger partial charge in [-0.05, 0) is 42.4 Å². The maximum Gasteiger partial charge on any atom is 0.308 e. The molecule has 1 aromatic rings. The molecule has 1 aliphatic heterocycles. The first-order valence-corrected chi connectivity index (χ1v) is 14.2. The molecule has 1 atom stereocenters. The van der Waals surface area contributed by atoms with Crippen LogP contribution in [0.2, 0.25) is 5.02 Å². The highest BCUT2D eigenvalue weighted by Crippen LogP contribution is 2.13. The number of esters is 1. The van der Waals surface area contributed by atoms with Crippen LogP contribution in [0.15, 0.2) is 30.3 Å². The van der Waals surface area contributed by atoms with Crippen molar-refractivity contribution >= 4 is 52.8 Å². The van der Waals surface area contributed by atoms with Crippen molar-refractivity contribution in [2.75, 3.05) is 19.7 Å². The van der Waals surface area contributed by atoms with Gasteiger partial charge in [-0.1, -0.05) is 88.4 Å². The summed E-state index contributed by atoms with van der Waals surface area (Å²) in [5.74, 6) is -1.18. The van der Waals surface area contributed by atoms with Crippen LogP contribution in [0.5, 0.6) is 0 Å². The first kappa shape index (κ1) is 30.8. The topological polar surface area (TPSA) is 87.7 Å². The van der Waals surface area contributed by atoms with Crippen LogP contribution >= 0.6 is 23.8 Å². The van der Waals surface area contributed by atoms with Crippen molar-refractivity contribution in [2.45, 2.75) is 83.6 Å². The summed E-state index contributed by atoms with van der Waals surface area (Å²) in [6, 6.07) is 6.22. The van der Waals surface area contributed by atoms with Crippen LogP contribution in [0.25, 0.3) is 6.08 Å². The summed E-state index contributed by atoms with van der Waals surface area (Å²) in [5, 5.41) is 6.09. The van der Waals surface area contributed by atoms with E-state index >= 15 is 0 Å². The minimum absolute atomic E-state index is 0.105. The van der Waals surface area contributed by atoms with Crippen molar-refractivity contribution in [3.8, 4) is 0 Å². The fraction of sp³-hybridized carbons (Fsp3) is 0.571. The molecular weight excluding hydrogens is 510 g/mol. The molecule has 0 spiro atoms. The number of hydrogen-bond acceptors (Lipinski definition) is 5. The summed E-state index contributed by atoms with van der Waals surface area (Å²) in [4.78, 5) is 38.8. The Labute approximate surface area is 231 Å². The molecule has 0 saturated carbocycles. The Morgan fingerprint density at radius 3 is 2.35 bits per heavy atom. The van der Waals surface area contributed by atoms with Gasteiger partial charge >= 0.3 is 5.97 Å². The van der Waals surface area contributed by atoms with Crippen molar-refractivity contribution in [1.82, 2.24) is 15.5 Å². The van der Waals surface area contributed by atoms with E-state index in [0.29, 0.717) is 24.7 Å². The van der Waals surface area contributed by atoms with Crippen molar-refractivity contribution in [3.05, 3.63) is 40.9 Å². The lowest BCUT2D eigenvalue weighted by atomic mass is 10.1. The van der Waals surface area contributed by atoms with E-state index in [-0.39, 0.29) is 17.4 Å². The second-order valence-electron chi connectivity index (χ2n) is 9.29. The summed E-state index contributed by atoms with van der Waals surface area (Å²) in [7, 11) is 0. The molecule has 1 saturated heterocycles. The maximum absolute atomic E-state index is 12.5. The molecule has 2 amide bonds. The molecule has 1 fully saturated rings. The van der Waals surface area contributed by atoms with E-state index in [1.54, 1.807) is 35.2 Å². The van der Waals surface area contributed by atoms with Gasteiger partial charge in [-0.2, -0.15) is 0 Å². The van der Waals surface area contributed by atoms with Gasteiger partial charge in [-0.15, -0.1) is 0 Å². The zero-order valence-corrected chi connectivity index (χ0v) is 23.4. The Bertz CT molecular complexity index is 907. The first-order valence-electron chi connectivity index (χ1n) is 13.4. The van der Waals surface area contributed by atoms with Crippen molar-refractivity contribution in [1.29, 1.82) is 0 Å². The SMILES string of the molecule is CCCCCCCCCCCCOC(=O)CC1C(=O)NCCN1C(=S)NC(=O)/C=C/c1ccc(Cl)cc1. The summed E-state index contributed by atoms with van der Waals surface area (Å²) in [6.45, 7) is 3.34. The highest BCUT2D eigenvalue weighted by Gasteiger charge is 2.34. The number of ether oxygens (including phenoxy) is 1. The zero-order valence-electron chi connectivity index (χ0n) is 21.8. The van der Waals surface area contributed by atoms with Crippen LogP contribution in [0.1, 0.15) is 83.1 Å². The molecule has 0 aliphatic carbocycles. The second kappa shape index (κ2) is 17.9. The van der Waals surface area contributed by atoms with Crippen LogP contribution in [0.3, 0.4) is 0 Å². The second-order valence-corrected chi connectivity index (χ2v) is 10.1. The molecule has 2 rings (SSSR count). The molecule has 0 radical (unpaired) electrons. The summed E-state index contributed by atoms with van der Waals surface area (Å²) >= 11 is 11.3. The normalized spacial score (nSPS) is 15.5. The predicted octanol–water partition coefficient (Wildman–Crippen LogP) is 5.41. The number of rotatable bonds is 15. The van der Waals surface area contributed by atoms with E-state index in [0.717, 1.165) is 24.8 Å². The maximum atomic E-state index is 12.5. The highest BCUT2D eigenvalue weighted by molar-refractivity contribution is 7.80. The number of hydrogen-bond donors (Lipinski definition) is 2. The van der Waals surface area contributed by atoms with Gasteiger partial charge in [0, 0.05) is 24.2 Å². The van der Waals surface area contributed by atoms with Gasteiger partial charge in [0.15, 0.2) is 5.11 Å². The lowest BCUT2D eigenvalue weighted by Crippen LogP contribution is -2.60. The number of amides is 2. The number of benzene rings is 1. The average molecular weight is 550 g/mol. The quantitative estimate of drug-likeness (QED) is 0.132.